The Balaban J connectivity index is 2.72. The lowest BCUT2D eigenvalue weighted by atomic mass is 10.2. The normalized spacial score (nSPS) is 13.9. The molecule has 0 saturated heterocycles. The summed E-state index contributed by atoms with van der Waals surface area (Å²) in [6, 6.07) is 9.60. The topological polar surface area (TPSA) is 40.5 Å². The van der Waals surface area contributed by atoms with Crippen molar-refractivity contribution in [3.05, 3.63) is 35.9 Å². The highest BCUT2D eigenvalue weighted by Gasteiger charge is 2.23. The molecule has 0 bridgehead atoms. The smallest absolute Gasteiger partial charge is 0.197 e. The Morgan fingerprint density at radius 1 is 1.36 bits per heavy atom. The molecule has 0 aliphatic heterocycles. The second-order valence-corrected chi connectivity index (χ2v) is 8.01. The van der Waals surface area contributed by atoms with Crippen molar-refractivity contribution in [3.63, 3.8) is 0 Å². The molecule has 0 saturated carbocycles. The van der Waals surface area contributed by atoms with Gasteiger partial charge in [0.15, 0.2) is 6.49 Å². The van der Waals surface area contributed by atoms with Crippen molar-refractivity contribution in [2.45, 2.75) is 11.4 Å². The quantitative estimate of drug-likeness (QED) is 0.445. The maximum atomic E-state index is 9.35. The van der Waals surface area contributed by atoms with Gasteiger partial charge in [0, 0.05) is 0 Å². The Bertz CT molecular complexity index is 325. The summed E-state index contributed by atoms with van der Waals surface area (Å²) in [5, 5.41) is 0. The molecular formula is C8H11O2PS3. The van der Waals surface area contributed by atoms with E-state index >= 15 is 0 Å². The minimum Gasteiger partial charge on any atom is -0.344 e. The highest BCUT2D eigenvalue weighted by atomic mass is 33.1. The van der Waals surface area contributed by atoms with Crippen molar-refractivity contribution in [1.82, 2.24) is 0 Å². The van der Waals surface area contributed by atoms with E-state index in [1.807, 2.05) is 30.3 Å². The SMILES string of the molecule is OP(O)(=S)C(Cc1ccccc1)SS. The zero-order chi connectivity index (χ0) is 10.6. The van der Waals surface area contributed by atoms with Gasteiger partial charge in [0.2, 0.25) is 0 Å². The molecule has 2 nitrogen and oxygen atoms in total. The summed E-state index contributed by atoms with van der Waals surface area (Å²) >= 11 is 8.65. The van der Waals surface area contributed by atoms with Gasteiger partial charge < -0.3 is 9.79 Å². The summed E-state index contributed by atoms with van der Waals surface area (Å²) in [6.07, 6.45) is 0.541. The zero-order valence-corrected chi connectivity index (χ0v) is 10.7. The van der Waals surface area contributed by atoms with Gasteiger partial charge in [-0.15, -0.1) is 11.7 Å². The molecule has 1 unspecified atom stereocenters. The van der Waals surface area contributed by atoms with Gasteiger partial charge in [-0.2, -0.15) is 0 Å². The third-order valence-corrected chi connectivity index (χ3v) is 6.72. The molecule has 1 rings (SSSR count). The van der Waals surface area contributed by atoms with Crippen molar-refractivity contribution >= 4 is 40.8 Å². The summed E-state index contributed by atoms with van der Waals surface area (Å²) in [4.78, 5) is 18.3. The van der Waals surface area contributed by atoms with E-state index in [2.05, 4.69) is 23.5 Å². The fraction of sp³-hybridized carbons (Fsp3) is 0.250. The van der Waals surface area contributed by atoms with Crippen LogP contribution in [0.4, 0.5) is 0 Å². The van der Waals surface area contributed by atoms with Crippen molar-refractivity contribution in [3.8, 4) is 0 Å². The maximum absolute atomic E-state index is 9.35. The van der Waals surface area contributed by atoms with Crippen LogP contribution in [0.3, 0.4) is 0 Å². The Hall–Kier alpha value is 0.490. The molecule has 0 aliphatic carbocycles. The highest BCUT2D eigenvalue weighted by Crippen LogP contribution is 2.50. The molecule has 1 aromatic rings. The van der Waals surface area contributed by atoms with Gasteiger partial charge in [0.1, 0.15) is 0 Å². The van der Waals surface area contributed by atoms with Crippen LogP contribution in [0.2, 0.25) is 0 Å². The number of benzene rings is 1. The molecule has 0 fully saturated rings. The Kier molecular flexibility index (Phi) is 4.97. The summed E-state index contributed by atoms with van der Waals surface area (Å²) in [7, 11) is 1.11. The third-order valence-electron chi connectivity index (χ3n) is 1.75. The molecule has 0 amide bonds. The van der Waals surface area contributed by atoms with Crippen LogP contribution in [0, 0.1) is 0 Å². The van der Waals surface area contributed by atoms with Crippen LogP contribution in [0.15, 0.2) is 30.3 Å². The molecule has 14 heavy (non-hydrogen) atoms. The second kappa shape index (κ2) is 5.54. The molecule has 0 heterocycles. The predicted molar refractivity (Wildman–Crippen MR) is 69.2 cm³/mol. The Morgan fingerprint density at radius 3 is 2.36 bits per heavy atom. The number of thiol groups is 1. The van der Waals surface area contributed by atoms with Crippen molar-refractivity contribution in [1.29, 1.82) is 0 Å². The van der Waals surface area contributed by atoms with E-state index in [9.17, 15) is 9.79 Å². The molecule has 1 aromatic carbocycles. The van der Waals surface area contributed by atoms with Gasteiger partial charge in [-0.1, -0.05) is 41.1 Å². The van der Waals surface area contributed by atoms with Gasteiger partial charge in [0.05, 0.1) is 4.99 Å². The van der Waals surface area contributed by atoms with Gasteiger partial charge in [-0.05, 0) is 23.8 Å². The van der Waals surface area contributed by atoms with Crippen LogP contribution in [0.1, 0.15) is 5.56 Å². The van der Waals surface area contributed by atoms with Gasteiger partial charge in [0.25, 0.3) is 0 Å². The van der Waals surface area contributed by atoms with E-state index in [4.69, 9.17) is 0 Å². The first-order chi connectivity index (χ1) is 6.54. The fourth-order valence-electron chi connectivity index (χ4n) is 1.03. The summed E-state index contributed by atoms with van der Waals surface area (Å²) in [6.45, 7) is -3.22. The van der Waals surface area contributed by atoms with E-state index in [-0.39, 0.29) is 0 Å². The predicted octanol–water partition coefficient (Wildman–Crippen LogP) is 2.43. The lowest BCUT2D eigenvalue weighted by Gasteiger charge is -2.18. The minimum atomic E-state index is -3.22. The number of hydrogen-bond acceptors (Lipinski definition) is 3. The molecule has 1 atom stereocenters. The average Bonchev–Trinajstić information content (AvgIpc) is 2.14. The highest BCUT2D eigenvalue weighted by molar-refractivity contribution is 8.70. The zero-order valence-electron chi connectivity index (χ0n) is 7.28. The first-order valence-corrected chi connectivity index (χ1v) is 8.64. The van der Waals surface area contributed by atoms with E-state index in [0.717, 1.165) is 16.4 Å². The largest absolute Gasteiger partial charge is 0.344 e. The minimum absolute atomic E-state index is 0.400. The van der Waals surface area contributed by atoms with E-state index < -0.39 is 11.5 Å². The lowest BCUT2D eigenvalue weighted by molar-refractivity contribution is 0.474. The third kappa shape index (κ3) is 3.93. The van der Waals surface area contributed by atoms with Crippen molar-refractivity contribution < 1.29 is 9.79 Å². The molecular weight excluding hydrogens is 255 g/mol. The van der Waals surface area contributed by atoms with Gasteiger partial charge in [-0.3, -0.25) is 0 Å². The Morgan fingerprint density at radius 2 is 1.93 bits per heavy atom. The van der Waals surface area contributed by atoms with Gasteiger partial charge >= 0.3 is 0 Å². The van der Waals surface area contributed by atoms with Crippen molar-refractivity contribution in [2.24, 2.45) is 0 Å². The molecule has 2 N–H and O–H groups in total. The number of rotatable bonds is 4. The van der Waals surface area contributed by atoms with Crippen LogP contribution < -0.4 is 0 Å². The first-order valence-electron chi connectivity index (χ1n) is 3.93. The summed E-state index contributed by atoms with van der Waals surface area (Å²) in [5.41, 5.74) is 1.04. The van der Waals surface area contributed by atoms with E-state index in [1.54, 1.807) is 0 Å². The van der Waals surface area contributed by atoms with E-state index in [0.29, 0.717) is 6.42 Å². The summed E-state index contributed by atoms with van der Waals surface area (Å²) in [5.74, 6) is 0. The molecule has 6 heteroatoms. The molecule has 0 spiro atoms. The van der Waals surface area contributed by atoms with E-state index in [1.165, 1.54) is 0 Å². The molecule has 0 aliphatic rings. The fourth-order valence-corrected chi connectivity index (χ4v) is 4.83. The Labute approximate surface area is 97.7 Å². The molecule has 0 radical (unpaired) electrons. The van der Waals surface area contributed by atoms with Crippen LogP contribution in [0.25, 0.3) is 0 Å². The first kappa shape index (κ1) is 12.6. The summed E-state index contributed by atoms with van der Waals surface area (Å²) < 4.78 is 0. The van der Waals surface area contributed by atoms with Crippen LogP contribution in [-0.2, 0) is 18.2 Å². The molecule has 0 aromatic heterocycles. The lowest BCUT2D eigenvalue weighted by Crippen LogP contribution is -2.05. The van der Waals surface area contributed by atoms with Crippen molar-refractivity contribution in [2.75, 3.05) is 0 Å². The average molecular weight is 266 g/mol. The van der Waals surface area contributed by atoms with Crippen LogP contribution >= 0.6 is 28.9 Å². The number of hydrogen-bond donors (Lipinski definition) is 3. The van der Waals surface area contributed by atoms with Crippen LogP contribution in [-0.4, -0.2) is 14.8 Å². The molecule has 78 valence electrons. The van der Waals surface area contributed by atoms with Crippen LogP contribution in [0.5, 0.6) is 0 Å². The standard InChI is InChI=1S/C8H11O2PS3/c9-11(10,12)8(14-13)6-7-4-2-1-3-5-7/h1-5,8,13H,6H2,(H2,9,10,12). The second-order valence-electron chi connectivity index (χ2n) is 2.84. The monoisotopic (exact) mass is 266 g/mol. The van der Waals surface area contributed by atoms with Gasteiger partial charge in [-0.25, -0.2) is 0 Å². The maximum Gasteiger partial charge on any atom is 0.197 e.